The van der Waals surface area contributed by atoms with Crippen LogP contribution in [0.15, 0.2) is 11.1 Å². The number of ether oxygens (including phenoxy) is 1. The van der Waals surface area contributed by atoms with Gasteiger partial charge in [0.05, 0.1) is 13.2 Å². The van der Waals surface area contributed by atoms with E-state index < -0.39 is 8.32 Å². The Bertz CT molecular complexity index is 295. The van der Waals surface area contributed by atoms with Crippen LogP contribution in [0.25, 0.3) is 0 Å². The minimum atomic E-state index is -1.81. The highest BCUT2D eigenvalue weighted by atomic mass is 79.9. The molecule has 0 aromatic heterocycles. The minimum Gasteiger partial charge on any atom is -0.469 e. The zero-order valence-electron chi connectivity index (χ0n) is 12.2. The van der Waals surface area contributed by atoms with Crippen molar-refractivity contribution in [3.05, 3.63) is 11.1 Å². The van der Waals surface area contributed by atoms with Gasteiger partial charge in [-0.2, -0.15) is 0 Å². The first-order valence-corrected chi connectivity index (χ1v) is 9.98. The lowest BCUT2D eigenvalue weighted by Gasteiger charge is -2.38. The smallest absolute Gasteiger partial charge is 0.305 e. The number of carbonyl (C=O) groups excluding carboxylic acids is 1. The second kappa shape index (κ2) is 7.45. The number of halogens is 1. The first kappa shape index (κ1) is 17.9. The summed E-state index contributed by atoms with van der Waals surface area (Å²) in [6.07, 6.45) is 2.95. The van der Waals surface area contributed by atoms with Crippen LogP contribution in [0.4, 0.5) is 0 Å². The van der Waals surface area contributed by atoms with Crippen LogP contribution in [-0.2, 0) is 14.0 Å². The molecule has 0 bridgehead atoms. The highest BCUT2D eigenvalue weighted by Gasteiger charge is 2.38. The molecule has 0 unspecified atom stereocenters. The van der Waals surface area contributed by atoms with Gasteiger partial charge in [0.15, 0.2) is 8.32 Å². The fourth-order valence-electron chi connectivity index (χ4n) is 1.19. The molecule has 0 N–H and O–H groups in total. The molecule has 0 aliphatic heterocycles. The van der Waals surface area contributed by atoms with E-state index in [0.29, 0.717) is 12.8 Å². The molecule has 0 rings (SSSR count). The predicted octanol–water partition coefficient (Wildman–Crippen LogP) is 4.24. The quantitative estimate of drug-likeness (QED) is 0.537. The number of hydrogen-bond acceptors (Lipinski definition) is 3. The van der Waals surface area contributed by atoms with E-state index in [0.717, 1.165) is 0 Å². The lowest BCUT2D eigenvalue weighted by atomic mass is 10.2. The maximum atomic E-state index is 11.2. The Hall–Kier alpha value is -0.133. The molecular formula is C13H25BrO3Si. The van der Waals surface area contributed by atoms with Crippen LogP contribution >= 0.6 is 15.9 Å². The Labute approximate surface area is 120 Å². The number of esters is 1. The van der Waals surface area contributed by atoms with Gasteiger partial charge in [0, 0.05) is 6.42 Å². The van der Waals surface area contributed by atoms with Gasteiger partial charge in [-0.3, -0.25) is 4.79 Å². The first-order chi connectivity index (χ1) is 8.14. The average Bonchev–Trinajstić information content (AvgIpc) is 2.23. The van der Waals surface area contributed by atoms with E-state index in [-0.39, 0.29) is 17.1 Å². The van der Waals surface area contributed by atoms with Crippen LogP contribution in [0.1, 0.15) is 33.6 Å². The van der Waals surface area contributed by atoms with Crippen LogP contribution in [0, 0.1) is 0 Å². The standard InChI is InChI=1S/C13H25BrO3Si/c1-13(2,3)18(5,6)17-11(9-10-14)7-8-12(15)16-4/h9-11H,7-8H2,1-6H3/b10-9+/t11-/m1/s1. The maximum Gasteiger partial charge on any atom is 0.305 e. The molecule has 0 saturated carbocycles. The molecular weight excluding hydrogens is 312 g/mol. The predicted molar refractivity (Wildman–Crippen MR) is 81.4 cm³/mol. The highest BCUT2D eigenvalue weighted by Crippen LogP contribution is 2.37. The monoisotopic (exact) mass is 336 g/mol. The normalized spacial score (nSPS) is 14.8. The third kappa shape index (κ3) is 6.16. The maximum absolute atomic E-state index is 11.2. The molecule has 0 fully saturated rings. The molecule has 0 saturated heterocycles. The number of rotatable bonds is 6. The van der Waals surface area contributed by atoms with Gasteiger partial charge in [0.1, 0.15) is 0 Å². The summed E-state index contributed by atoms with van der Waals surface area (Å²) in [5.74, 6) is -0.193. The zero-order chi connectivity index (χ0) is 14.4. The van der Waals surface area contributed by atoms with E-state index in [1.807, 2.05) is 6.08 Å². The molecule has 18 heavy (non-hydrogen) atoms. The Morgan fingerprint density at radius 2 is 1.94 bits per heavy atom. The van der Waals surface area contributed by atoms with Crippen molar-refractivity contribution in [1.82, 2.24) is 0 Å². The van der Waals surface area contributed by atoms with Crippen molar-refractivity contribution >= 4 is 30.2 Å². The molecule has 0 aromatic carbocycles. The average molecular weight is 337 g/mol. The van der Waals surface area contributed by atoms with Gasteiger partial charge in [-0.15, -0.1) is 0 Å². The van der Waals surface area contributed by atoms with E-state index in [1.54, 1.807) is 4.99 Å². The molecule has 3 nitrogen and oxygen atoms in total. The van der Waals surface area contributed by atoms with Gasteiger partial charge in [-0.1, -0.05) is 42.8 Å². The Kier molecular flexibility index (Phi) is 7.40. The SMILES string of the molecule is COC(=O)CC[C@H](/C=C/Br)O[Si](C)(C)C(C)(C)C. The fraction of sp³-hybridized carbons (Fsp3) is 0.769. The lowest BCUT2D eigenvalue weighted by molar-refractivity contribution is -0.141. The van der Waals surface area contributed by atoms with Crippen molar-refractivity contribution < 1.29 is 14.0 Å². The van der Waals surface area contributed by atoms with Gasteiger partial charge in [-0.25, -0.2) is 0 Å². The molecule has 0 aromatic rings. The van der Waals surface area contributed by atoms with Gasteiger partial charge in [-0.05, 0) is 29.5 Å². The van der Waals surface area contributed by atoms with Crippen LogP contribution in [0.5, 0.6) is 0 Å². The lowest BCUT2D eigenvalue weighted by Crippen LogP contribution is -2.43. The second-order valence-corrected chi connectivity index (χ2v) is 11.1. The van der Waals surface area contributed by atoms with Gasteiger partial charge in [0.25, 0.3) is 0 Å². The molecule has 5 heteroatoms. The number of hydrogen-bond donors (Lipinski definition) is 0. The molecule has 0 radical (unpaired) electrons. The highest BCUT2D eigenvalue weighted by molar-refractivity contribution is 9.11. The van der Waals surface area contributed by atoms with Gasteiger partial charge in [0.2, 0.25) is 0 Å². The second-order valence-electron chi connectivity index (χ2n) is 5.85. The van der Waals surface area contributed by atoms with Crippen molar-refractivity contribution in [2.75, 3.05) is 7.11 Å². The van der Waals surface area contributed by atoms with Crippen LogP contribution in [-0.4, -0.2) is 27.5 Å². The first-order valence-electron chi connectivity index (χ1n) is 6.15. The largest absolute Gasteiger partial charge is 0.469 e. The third-order valence-corrected chi connectivity index (χ3v) is 8.21. The molecule has 1 atom stereocenters. The van der Waals surface area contributed by atoms with E-state index in [4.69, 9.17) is 4.43 Å². The van der Waals surface area contributed by atoms with Gasteiger partial charge < -0.3 is 9.16 Å². The van der Waals surface area contributed by atoms with E-state index >= 15 is 0 Å². The van der Waals surface area contributed by atoms with Crippen molar-refractivity contribution in [3.63, 3.8) is 0 Å². The minimum absolute atomic E-state index is 0.0376. The van der Waals surface area contributed by atoms with E-state index in [1.165, 1.54) is 7.11 Å². The molecule has 0 heterocycles. The summed E-state index contributed by atoms with van der Waals surface area (Å²) in [5, 5.41) is 0.163. The van der Waals surface area contributed by atoms with Gasteiger partial charge >= 0.3 is 5.97 Å². The van der Waals surface area contributed by atoms with E-state index in [9.17, 15) is 4.79 Å². The molecule has 0 aliphatic rings. The van der Waals surface area contributed by atoms with Crippen molar-refractivity contribution in [1.29, 1.82) is 0 Å². The molecule has 0 spiro atoms. The van der Waals surface area contributed by atoms with E-state index in [2.05, 4.69) is 54.5 Å². The van der Waals surface area contributed by atoms with Crippen molar-refractivity contribution in [3.8, 4) is 0 Å². The van der Waals surface area contributed by atoms with Crippen molar-refractivity contribution in [2.24, 2.45) is 0 Å². The fourth-order valence-corrected chi connectivity index (χ4v) is 2.84. The Balaban J connectivity index is 4.58. The van der Waals surface area contributed by atoms with Crippen molar-refractivity contribution in [2.45, 2.75) is 57.8 Å². The van der Waals surface area contributed by atoms with Crippen LogP contribution in [0.2, 0.25) is 18.1 Å². The summed E-state index contributed by atoms with van der Waals surface area (Å²) in [7, 11) is -0.403. The number of methoxy groups -OCH3 is 1. The summed E-state index contributed by atoms with van der Waals surface area (Å²) < 4.78 is 10.9. The Morgan fingerprint density at radius 1 is 1.39 bits per heavy atom. The summed E-state index contributed by atoms with van der Waals surface area (Å²) in [4.78, 5) is 13.0. The zero-order valence-corrected chi connectivity index (χ0v) is 14.8. The summed E-state index contributed by atoms with van der Waals surface area (Å²) >= 11 is 3.27. The topological polar surface area (TPSA) is 35.5 Å². The summed E-state index contributed by atoms with van der Waals surface area (Å²) in [6.45, 7) is 11.0. The number of carbonyl (C=O) groups is 1. The molecule has 106 valence electrons. The summed E-state index contributed by atoms with van der Waals surface area (Å²) in [6, 6.07) is 0. The molecule has 0 amide bonds. The van der Waals surface area contributed by atoms with Crippen LogP contribution < -0.4 is 0 Å². The summed E-state index contributed by atoms with van der Waals surface area (Å²) in [5.41, 5.74) is 0. The third-order valence-electron chi connectivity index (χ3n) is 3.40. The Morgan fingerprint density at radius 3 is 2.33 bits per heavy atom. The molecule has 0 aliphatic carbocycles. The van der Waals surface area contributed by atoms with Crippen LogP contribution in [0.3, 0.4) is 0 Å².